The maximum atomic E-state index is 11.0. The van der Waals surface area contributed by atoms with Gasteiger partial charge in [-0.25, -0.2) is 0 Å². The van der Waals surface area contributed by atoms with Crippen LogP contribution in [-0.4, -0.2) is 19.0 Å². The Kier molecular flexibility index (Phi) is 3.21. The fraction of sp³-hybridized carbons (Fsp3) is 0.500. The van der Waals surface area contributed by atoms with Gasteiger partial charge in [0.2, 0.25) is 0 Å². The van der Waals surface area contributed by atoms with E-state index in [0.29, 0.717) is 0 Å². The molecule has 16 heavy (non-hydrogen) atoms. The first-order valence-electron chi connectivity index (χ1n) is 5.21. The van der Waals surface area contributed by atoms with Gasteiger partial charge in [0.25, 0.3) is 5.69 Å². The number of benzene rings is 1. The second-order valence-electron chi connectivity index (χ2n) is 4.35. The van der Waals surface area contributed by atoms with Crippen LogP contribution in [0.5, 0.6) is 0 Å². The molecule has 0 heterocycles. The van der Waals surface area contributed by atoms with E-state index in [1.54, 1.807) is 0 Å². The van der Waals surface area contributed by atoms with Gasteiger partial charge in [-0.2, -0.15) is 0 Å². The topological polar surface area (TPSA) is 46.4 Å². The van der Waals surface area contributed by atoms with E-state index in [2.05, 4.69) is 0 Å². The third-order valence-electron chi connectivity index (χ3n) is 3.18. The quantitative estimate of drug-likeness (QED) is 0.571. The second kappa shape index (κ2) is 4.12. The van der Waals surface area contributed by atoms with E-state index < -0.39 is 0 Å². The molecule has 1 aromatic carbocycles. The van der Waals surface area contributed by atoms with Gasteiger partial charge in [-0.15, -0.1) is 0 Å². The van der Waals surface area contributed by atoms with E-state index >= 15 is 0 Å². The van der Waals surface area contributed by atoms with Crippen LogP contribution in [0.4, 0.5) is 11.4 Å². The van der Waals surface area contributed by atoms with Crippen LogP contribution in [0.2, 0.25) is 0 Å². The van der Waals surface area contributed by atoms with E-state index in [1.807, 2.05) is 46.7 Å². The van der Waals surface area contributed by atoms with E-state index in [9.17, 15) is 10.1 Å². The molecule has 0 radical (unpaired) electrons. The second-order valence-corrected chi connectivity index (χ2v) is 4.35. The molecule has 4 heteroatoms. The Balaban J connectivity index is 3.70. The lowest BCUT2D eigenvalue weighted by atomic mass is 9.95. The number of nitro groups is 1. The van der Waals surface area contributed by atoms with Crippen molar-refractivity contribution in [1.29, 1.82) is 0 Å². The third-order valence-corrected chi connectivity index (χ3v) is 3.18. The highest BCUT2D eigenvalue weighted by Crippen LogP contribution is 2.36. The summed E-state index contributed by atoms with van der Waals surface area (Å²) in [5, 5.41) is 11.0. The molecule has 0 spiro atoms. The molecule has 0 saturated carbocycles. The molecule has 0 aliphatic carbocycles. The Morgan fingerprint density at radius 1 is 0.938 bits per heavy atom. The van der Waals surface area contributed by atoms with Crippen LogP contribution >= 0.6 is 0 Å². The highest BCUT2D eigenvalue weighted by atomic mass is 16.6. The standard InChI is InChI=1S/C12H18N2O2/c1-7-9(3)12(14(15)16)10(4)8(2)11(7)13(5)6/h1-6H3. The van der Waals surface area contributed by atoms with Crippen molar-refractivity contribution in [2.45, 2.75) is 27.7 Å². The maximum absolute atomic E-state index is 11.0. The molecule has 0 fully saturated rings. The van der Waals surface area contributed by atoms with Crippen molar-refractivity contribution in [2.24, 2.45) is 0 Å². The molecule has 0 unspecified atom stereocenters. The lowest BCUT2D eigenvalue weighted by Gasteiger charge is -2.22. The van der Waals surface area contributed by atoms with Gasteiger partial charge in [0.05, 0.1) is 4.92 Å². The van der Waals surface area contributed by atoms with E-state index in [-0.39, 0.29) is 10.6 Å². The molecule has 0 atom stereocenters. The number of rotatable bonds is 2. The van der Waals surface area contributed by atoms with Crippen molar-refractivity contribution >= 4 is 11.4 Å². The van der Waals surface area contributed by atoms with Gasteiger partial charge in [0.15, 0.2) is 0 Å². The zero-order valence-electron chi connectivity index (χ0n) is 10.7. The lowest BCUT2D eigenvalue weighted by Crippen LogP contribution is -2.14. The number of anilines is 1. The summed E-state index contributed by atoms with van der Waals surface area (Å²) in [5.41, 5.74) is 4.83. The Bertz CT molecular complexity index is 422. The van der Waals surface area contributed by atoms with Crippen molar-refractivity contribution in [3.05, 3.63) is 32.4 Å². The van der Waals surface area contributed by atoms with Crippen LogP contribution in [0.3, 0.4) is 0 Å². The number of nitro benzene ring substituents is 1. The summed E-state index contributed by atoms with van der Waals surface area (Å²) in [6, 6.07) is 0. The van der Waals surface area contributed by atoms with Gasteiger partial charge in [0, 0.05) is 30.9 Å². The fourth-order valence-electron chi connectivity index (χ4n) is 2.22. The summed E-state index contributed by atoms with van der Waals surface area (Å²) >= 11 is 0. The van der Waals surface area contributed by atoms with Crippen LogP contribution in [-0.2, 0) is 0 Å². The van der Waals surface area contributed by atoms with E-state index in [4.69, 9.17) is 0 Å². The average Bonchev–Trinajstić information content (AvgIpc) is 2.14. The minimum Gasteiger partial charge on any atom is -0.377 e. The first-order chi connectivity index (χ1) is 7.29. The Morgan fingerprint density at radius 2 is 1.31 bits per heavy atom. The molecule has 1 aromatic rings. The fourth-order valence-corrected chi connectivity index (χ4v) is 2.22. The normalized spacial score (nSPS) is 10.4. The molecule has 0 bridgehead atoms. The first kappa shape index (κ1) is 12.5. The van der Waals surface area contributed by atoms with Crippen molar-refractivity contribution in [3.8, 4) is 0 Å². The summed E-state index contributed by atoms with van der Waals surface area (Å²) in [5.74, 6) is 0. The molecule has 88 valence electrons. The van der Waals surface area contributed by atoms with Gasteiger partial charge < -0.3 is 4.90 Å². The van der Waals surface area contributed by atoms with Crippen LogP contribution in [0, 0.1) is 37.8 Å². The van der Waals surface area contributed by atoms with Crippen LogP contribution in [0.25, 0.3) is 0 Å². The van der Waals surface area contributed by atoms with Crippen LogP contribution in [0.15, 0.2) is 0 Å². The average molecular weight is 222 g/mol. The summed E-state index contributed by atoms with van der Waals surface area (Å²) < 4.78 is 0. The molecule has 1 rings (SSSR count). The molecular weight excluding hydrogens is 204 g/mol. The van der Waals surface area contributed by atoms with Gasteiger partial charge in [-0.05, 0) is 38.8 Å². The van der Waals surface area contributed by atoms with Gasteiger partial charge in [-0.1, -0.05) is 0 Å². The van der Waals surface area contributed by atoms with Crippen molar-refractivity contribution in [3.63, 3.8) is 0 Å². The maximum Gasteiger partial charge on any atom is 0.275 e. The highest BCUT2D eigenvalue weighted by Gasteiger charge is 2.22. The zero-order valence-corrected chi connectivity index (χ0v) is 10.7. The Labute approximate surface area is 96.0 Å². The summed E-state index contributed by atoms with van der Waals surface area (Å²) in [6.07, 6.45) is 0. The predicted octanol–water partition coefficient (Wildman–Crippen LogP) is 2.89. The van der Waals surface area contributed by atoms with Gasteiger partial charge in [0.1, 0.15) is 0 Å². The molecular formula is C12H18N2O2. The lowest BCUT2D eigenvalue weighted by molar-refractivity contribution is -0.386. The van der Waals surface area contributed by atoms with Gasteiger partial charge in [-0.3, -0.25) is 10.1 Å². The highest BCUT2D eigenvalue weighted by molar-refractivity contribution is 5.69. The summed E-state index contributed by atoms with van der Waals surface area (Å²) in [6.45, 7) is 7.49. The smallest absolute Gasteiger partial charge is 0.275 e. The van der Waals surface area contributed by atoms with Crippen molar-refractivity contribution < 1.29 is 4.92 Å². The molecule has 4 nitrogen and oxygen atoms in total. The minimum absolute atomic E-state index is 0.251. The largest absolute Gasteiger partial charge is 0.377 e. The van der Waals surface area contributed by atoms with E-state index in [1.165, 1.54) is 0 Å². The summed E-state index contributed by atoms with van der Waals surface area (Å²) in [7, 11) is 3.92. The minimum atomic E-state index is -0.288. The Hall–Kier alpha value is -1.58. The SMILES string of the molecule is Cc1c(C)c([N+](=O)[O-])c(C)c(C)c1N(C)C. The third kappa shape index (κ3) is 1.75. The van der Waals surface area contributed by atoms with Gasteiger partial charge >= 0.3 is 0 Å². The molecule has 0 amide bonds. The molecule has 0 aliphatic heterocycles. The van der Waals surface area contributed by atoms with Crippen molar-refractivity contribution in [1.82, 2.24) is 0 Å². The number of hydrogen-bond acceptors (Lipinski definition) is 3. The van der Waals surface area contributed by atoms with Crippen molar-refractivity contribution in [2.75, 3.05) is 19.0 Å². The van der Waals surface area contributed by atoms with Crippen LogP contribution in [0.1, 0.15) is 22.3 Å². The number of hydrogen-bond donors (Lipinski definition) is 0. The number of nitrogens with zero attached hydrogens (tertiary/aromatic N) is 2. The molecule has 0 aromatic heterocycles. The first-order valence-corrected chi connectivity index (χ1v) is 5.21. The predicted molar refractivity (Wildman–Crippen MR) is 66.4 cm³/mol. The summed E-state index contributed by atoms with van der Waals surface area (Å²) in [4.78, 5) is 12.7. The monoisotopic (exact) mass is 222 g/mol. The van der Waals surface area contributed by atoms with E-state index in [0.717, 1.165) is 27.9 Å². The Morgan fingerprint density at radius 3 is 1.56 bits per heavy atom. The molecule has 0 N–H and O–H groups in total. The van der Waals surface area contributed by atoms with Crippen LogP contribution < -0.4 is 4.90 Å². The molecule has 0 aliphatic rings. The molecule has 0 saturated heterocycles. The zero-order chi connectivity index (χ0) is 12.6.